The summed E-state index contributed by atoms with van der Waals surface area (Å²) in [5.41, 5.74) is 1.47. The highest BCUT2D eigenvalue weighted by atomic mass is 16.5. The topological polar surface area (TPSA) is 122 Å². The number of aromatic amines is 1. The highest BCUT2D eigenvalue weighted by Gasteiger charge is 2.23. The summed E-state index contributed by atoms with van der Waals surface area (Å²) in [4.78, 5) is 42.6. The van der Waals surface area contributed by atoms with Gasteiger partial charge < -0.3 is 25.1 Å². The smallest absolute Gasteiger partial charge is 0.408 e. The van der Waals surface area contributed by atoms with Gasteiger partial charge in [-0.3, -0.25) is 9.59 Å². The van der Waals surface area contributed by atoms with Gasteiger partial charge in [0.2, 0.25) is 5.91 Å². The summed E-state index contributed by atoms with van der Waals surface area (Å²) < 4.78 is 9.91. The van der Waals surface area contributed by atoms with Crippen LogP contribution in [0, 0.1) is 0 Å². The predicted molar refractivity (Wildman–Crippen MR) is 95.5 cm³/mol. The van der Waals surface area contributed by atoms with Crippen molar-refractivity contribution < 1.29 is 23.9 Å². The number of rotatable bonds is 9. The maximum Gasteiger partial charge on any atom is 0.408 e. The molecule has 9 heteroatoms. The number of benzene rings is 1. The number of carbonyl (C=O) groups is 3. The SMILES string of the molecule is CCOC(=O)CNC(=O)[C@H](Cc1cnc[nH]1)NC(=O)OCc1ccccc1. The van der Waals surface area contributed by atoms with Gasteiger partial charge in [0.15, 0.2) is 0 Å². The van der Waals surface area contributed by atoms with Crippen LogP contribution in [0.1, 0.15) is 18.2 Å². The number of aromatic nitrogens is 2. The summed E-state index contributed by atoms with van der Waals surface area (Å²) in [6.45, 7) is 1.68. The number of alkyl carbamates (subject to hydrolysis) is 1. The summed E-state index contributed by atoms with van der Waals surface area (Å²) in [5, 5.41) is 4.95. The minimum absolute atomic E-state index is 0.0773. The maximum atomic E-state index is 12.4. The van der Waals surface area contributed by atoms with Crippen LogP contribution in [0.4, 0.5) is 4.79 Å². The van der Waals surface area contributed by atoms with Crippen molar-refractivity contribution in [3.05, 3.63) is 54.1 Å². The zero-order chi connectivity index (χ0) is 19.5. The molecule has 0 fully saturated rings. The number of imidazole rings is 1. The molecule has 0 saturated carbocycles. The predicted octanol–water partition coefficient (Wildman–Crippen LogP) is 0.927. The van der Waals surface area contributed by atoms with Crippen LogP contribution < -0.4 is 10.6 Å². The Morgan fingerprint density at radius 1 is 1.19 bits per heavy atom. The third kappa shape index (κ3) is 7.18. The first kappa shape index (κ1) is 20.0. The Hall–Kier alpha value is -3.36. The molecule has 0 aliphatic heterocycles. The van der Waals surface area contributed by atoms with Crippen LogP contribution in [0.25, 0.3) is 0 Å². The van der Waals surface area contributed by atoms with Crippen molar-refractivity contribution >= 4 is 18.0 Å². The van der Waals surface area contributed by atoms with Gasteiger partial charge in [-0.1, -0.05) is 30.3 Å². The first-order chi connectivity index (χ1) is 13.1. The van der Waals surface area contributed by atoms with Crippen molar-refractivity contribution in [2.75, 3.05) is 13.2 Å². The average Bonchev–Trinajstić information content (AvgIpc) is 3.18. The fraction of sp³-hybridized carbons (Fsp3) is 0.333. The summed E-state index contributed by atoms with van der Waals surface area (Å²) in [7, 11) is 0. The van der Waals surface area contributed by atoms with Gasteiger partial charge in [0.05, 0.1) is 12.9 Å². The molecule has 2 amide bonds. The van der Waals surface area contributed by atoms with Gasteiger partial charge in [-0.25, -0.2) is 9.78 Å². The summed E-state index contributed by atoms with van der Waals surface area (Å²) in [6, 6.07) is 8.23. The van der Waals surface area contributed by atoms with Gasteiger partial charge in [-0.15, -0.1) is 0 Å². The highest BCUT2D eigenvalue weighted by molar-refractivity contribution is 5.88. The number of H-pyrrole nitrogens is 1. The molecular weight excluding hydrogens is 352 g/mol. The van der Waals surface area contributed by atoms with Crippen molar-refractivity contribution in [2.24, 2.45) is 0 Å². The fourth-order valence-electron chi connectivity index (χ4n) is 2.23. The number of esters is 1. The summed E-state index contributed by atoms with van der Waals surface area (Å²) in [6.07, 6.45) is 2.43. The molecule has 2 aromatic rings. The molecule has 0 bridgehead atoms. The minimum Gasteiger partial charge on any atom is -0.465 e. The highest BCUT2D eigenvalue weighted by Crippen LogP contribution is 2.03. The van der Waals surface area contributed by atoms with Gasteiger partial charge in [0, 0.05) is 18.3 Å². The molecule has 0 aliphatic carbocycles. The Morgan fingerprint density at radius 2 is 1.96 bits per heavy atom. The largest absolute Gasteiger partial charge is 0.465 e. The zero-order valence-corrected chi connectivity index (χ0v) is 14.9. The van der Waals surface area contributed by atoms with Gasteiger partial charge in [0.25, 0.3) is 0 Å². The number of hydrogen-bond donors (Lipinski definition) is 3. The monoisotopic (exact) mass is 374 g/mol. The lowest BCUT2D eigenvalue weighted by Crippen LogP contribution is -2.49. The van der Waals surface area contributed by atoms with E-state index in [2.05, 4.69) is 20.6 Å². The lowest BCUT2D eigenvalue weighted by atomic mass is 10.1. The van der Waals surface area contributed by atoms with Crippen LogP contribution in [-0.4, -0.2) is 47.1 Å². The van der Waals surface area contributed by atoms with Crippen LogP contribution in [0.15, 0.2) is 42.9 Å². The second kappa shape index (κ2) is 10.6. The molecule has 0 aliphatic rings. The van der Waals surface area contributed by atoms with E-state index in [9.17, 15) is 14.4 Å². The quantitative estimate of drug-likeness (QED) is 0.561. The fourth-order valence-corrected chi connectivity index (χ4v) is 2.23. The van der Waals surface area contributed by atoms with Gasteiger partial charge in [-0.05, 0) is 12.5 Å². The molecule has 1 aromatic carbocycles. The van der Waals surface area contributed by atoms with E-state index in [1.807, 2.05) is 30.3 Å². The molecule has 0 saturated heterocycles. The molecule has 1 atom stereocenters. The lowest BCUT2D eigenvalue weighted by Gasteiger charge is -2.17. The normalized spacial score (nSPS) is 11.3. The third-order valence-corrected chi connectivity index (χ3v) is 3.51. The van der Waals surface area contributed by atoms with E-state index in [4.69, 9.17) is 9.47 Å². The van der Waals surface area contributed by atoms with E-state index in [1.165, 1.54) is 6.33 Å². The molecule has 3 N–H and O–H groups in total. The van der Waals surface area contributed by atoms with Crippen molar-refractivity contribution in [3.8, 4) is 0 Å². The van der Waals surface area contributed by atoms with E-state index >= 15 is 0 Å². The molecule has 1 heterocycles. The molecule has 0 unspecified atom stereocenters. The Labute approximate surface area is 156 Å². The number of ether oxygens (including phenoxy) is 2. The maximum absolute atomic E-state index is 12.4. The standard InChI is InChI=1S/C18H22N4O5/c1-2-26-16(23)10-20-17(24)15(8-14-9-19-12-21-14)22-18(25)27-11-13-6-4-3-5-7-13/h3-7,9,12,15H,2,8,10-11H2,1H3,(H,19,21)(H,20,24)(H,22,25)/t15-/m0/s1. The molecule has 144 valence electrons. The van der Waals surface area contributed by atoms with E-state index in [0.717, 1.165) is 5.56 Å². The van der Waals surface area contributed by atoms with Crippen LogP contribution >= 0.6 is 0 Å². The van der Waals surface area contributed by atoms with Crippen LogP contribution in [-0.2, 0) is 32.1 Å². The number of nitrogens with zero attached hydrogens (tertiary/aromatic N) is 1. The van der Waals surface area contributed by atoms with E-state index < -0.39 is 24.0 Å². The molecule has 0 radical (unpaired) electrons. The molecule has 27 heavy (non-hydrogen) atoms. The van der Waals surface area contributed by atoms with E-state index in [0.29, 0.717) is 5.69 Å². The number of carbonyl (C=O) groups excluding carboxylic acids is 3. The van der Waals surface area contributed by atoms with Crippen LogP contribution in [0.3, 0.4) is 0 Å². The van der Waals surface area contributed by atoms with Crippen molar-refractivity contribution in [1.82, 2.24) is 20.6 Å². The van der Waals surface area contributed by atoms with Gasteiger partial charge in [0.1, 0.15) is 19.2 Å². The van der Waals surface area contributed by atoms with E-state index in [-0.39, 0.29) is 26.2 Å². The Morgan fingerprint density at radius 3 is 2.63 bits per heavy atom. The second-order valence-electron chi connectivity index (χ2n) is 5.56. The van der Waals surface area contributed by atoms with Crippen LogP contribution in [0.2, 0.25) is 0 Å². The molecule has 1 aromatic heterocycles. The molecule has 9 nitrogen and oxygen atoms in total. The number of hydrogen-bond acceptors (Lipinski definition) is 6. The molecule has 2 rings (SSSR count). The minimum atomic E-state index is -0.942. The van der Waals surface area contributed by atoms with Crippen LogP contribution in [0.5, 0.6) is 0 Å². The average molecular weight is 374 g/mol. The lowest BCUT2D eigenvalue weighted by molar-refractivity contribution is -0.143. The summed E-state index contributed by atoms with van der Waals surface area (Å²) in [5.74, 6) is -1.09. The zero-order valence-electron chi connectivity index (χ0n) is 14.9. The van der Waals surface area contributed by atoms with Gasteiger partial charge in [-0.2, -0.15) is 0 Å². The Bertz CT molecular complexity index is 733. The third-order valence-electron chi connectivity index (χ3n) is 3.51. The van der Waals surface area contributed by atoms with Crippen molar-refractivity contribution in [3.63, 3.8) is 0 Å². The first-order valence-corrected chi connectivity index (χ1v) is 8.46. The van der Waals surface area contributed by atoms with Crippen molar-refractivity contribution in [2.45, 2.75) is 26.0 Å². The van der Waals surface area contributed by atoms with E-state index in [1.54, 1.807) is 13.1 Å². The molecule has 0 spiro atoms. The second-order valence-corrected chi connectivity index (χ2v) is 5.56. The molecular formula is C18H22N4O5. The Balaban J connectivity index is 1.91. The Kier molecular flexibility index (Phi) is 7.83. The first-order valence-electron chi connectivity index (χ1n) is 8.46. The summed E-state index contributed by atoms with van der Waals surface area (Å²) >= 11 is 0. The number of amides is 2. The number of nitrogens with one attached hydrogen (secondary N) is 3. The van der Waals surface area contributed by atoms with Crippen molar-refractivity contribution in [1.29, 1.82) is 0 Å². The van der Waals surface area contributed by atoms with Gasteiger partial charge >= 0.3 is 12.1 Å².